The molecule has 142 valence electrons. The molecule has 1 aliphatic heterocycles. The standard InChI is InChI=1S/C18H19ClN4O4/c1-10-15(11(2)27-21-10)18(26)23-9-5-8-22(23)17(25)13-6-4-7-14(16(13)19)20-12(3)24/h4,6-7H,5,8-9H2,1-3H3,(H,20,24). The second kappa shape index (κ2) is 7.40. The molecule has 2 heterocycles. The van der Waals surface area contributed by atoms with E-state index in [0.29, 0.717) is 42.2 Å². The fourth-order valence-electron chi connectivity index (χ4n) is 3.07. The maximum Gasteiger partial charge on any atom is 0.277 e. The van der Waals surface area contributed by atoms with Crippen molar-refractivity contribution in [2.45, 2.75) is 27.2 Å². The van der Waals surface area contributed by atoms with Crippen molar-refractivity contribution in [1.82, 2.24) is 15.2 Å². The summed E-state index contributed by atoms with van der Waals surface area (Å²) in [4.78, 5) is 37.3. The molecule has 2 aromatic rings. The first-order valence-electron chi connectivity index (χ1n) is 8.44. The highest BCUT2D eigenvalue weighted by atomic mass is 35.5. The number of anilines is 1. The Hall–Kier alpha value is -2.87. The van der Waals surface area contributed by atoms with E-state index in [1.807, 2.05) is 0 Å². The van der Waals surface area contributed by atoms with Gasteiger partial charge in [0.15, 0.2) is 0 Å². The van der Waals surface area contributed by atoms with Gasteiger partial charge >= 0.3 is 0 Å². The summed E-state index contributed by atoms with van der Waals surface area (Å²) in [6, 6.07) is 4.80. The van der Waals surface area contributed by atoms with E-state index in [1.165, 1.54) is 16.9 Å². The third-order valence-electron chi connectivity index (χ3n) is 4.29. The van der Waals surface area contributed by atoms with Gasteiger partial charge in [0.1, 0.15) is 11.3 Å². The molecule has 1 N–H and O–H groups in total. The van der Waals surface area contributed by atoms with E-state index in [4.69, 9.17) is 16.1 Å². The van der Waals surface area contributed by atoms with Crippen LogP contribution in [0.5, 0.6) is 0 Å². The number of hydrogen-bond acceptors (Lipinski definition) is 5. The number of amides is 3. The summed E-state index contributed by atoms with van der Waals surface area (Å²) >= 11 is 6.31. The zero-order valence-corrected chi connectivity index (χ0v) is 16.0. The normalized spacial score (nSPS) is 13.8. The minimum Gasteiger partial charge on any atom is -0.361 e. The number of rotatable bonds is 3. The molecule has 0 spiro atoms. The molecule has 1 saturated heterocycles. The number of carbonyl (C=O) groups is 3. The molecule has 1 fully saturated rings. The molecule has 0 atom stereocenters. The van der Waals surface area contributed by atoms with Crippen LogP contribution in [0.3, 0.4) is 0 Å². The first-order chi connectivity index (χ1) is 12.8. The smallest absolute Gasteiger partial charge is 0.277 e. The van der Waals surface area contributed by atoms with Crippen molar-refractivity contribution >= 4 is 35.0 Å². The van der Waals surface area contributed by atoms with Gasteiger partial charge in [-0.15, -0.1) is 0 Å². The van der Waals surface area contributed by atoms with E-state index >= 15 is 0 Å². The fraction of sp³-hybridized carbons (Fsp3) is 0.333. The lowest BCUT2D eigenvalue weighted by Crippen LogP contribution is -2.45. The quantitative estimate of drug-likeness (QED) is 0.869. The van der Waals surface area contributed by atoms with Gasteiger partial charge in [0.05, 0.1) is 22.0 Å². The van der Waals surface area contributed by atoms with Crippen LogP contribution in [0.4, 0.5) is 5.69 Å². The van der Waals surface area contributed by atoms with Crippen LogP contribution in [0.15, 0.2) is 22.7 Å². The van der Waals surface area contributed by atoms with Crippen LogP contribution in [-0.2, 0) is 4.79 Å². The highest BCUT2D eigenvalue weighted by Crippen LogP contribution is 2.29. The van der Waals surface area contributed by atoms with Crippen molar-refractivity contribution in [1.29, 1.82) is 0 Å². The van der Waals surface area contributed by atoms with Crippen molar-refractivity contribution in [2.75, 3.05) is 18.4 Å². The van der Waals surface area contributed by atoms with Crippen molar-refractivity contribution in [3.8, 4) is 0 Å². The summed E-state index contributed by atoms with van der Waals surface area (Å²) in [5, 5.41) is 9.28. The topological polar surface area (TPSA) is 95.8 Å². The van der Waals surface area contributed by atoms with Crippen LogP contribution in [-0.4, -0.2) is 46.0 Å². The molecule has 9 heteroatoms. The van der Waals surface area contributed by atoms with Crippen molar-refractivity contribution in [3.05, 3.63) is 45.8 Å². The van der Waals surface area contributed by atoms with Gasteiger partial charge < -0.3 is 9.84 Å². The highest BCUT2D eigenvalue weighted by molar-refractivity contribution is 6.36. The number of hydrogen-bond donors (Lipinski definition) is 1. The Morgan fingerprint density at radius 1 is 1.15 bits per heavy atom. The third kappa shape index (κ3) is 3.52. The molecule has 0 saturated carbocycles. The van der Waals surface area contributed by atoms with E-state index in [0.717, 1.165) is 0 Å². The molecule has 3 rings (SSSR count). The van der Waals surface area contributed by atoms with Crippen LogP contribution >= 0.6 is 11.6 Å². The second-order valence-corrected chi connectivity index (χ2v) is 6.64. The van der Waals surface area contributed by atoms with Gasteiger partial charge in [-0.3, -0.25) is 14.4 Å². The lowest BCUT2D eigenvalue weighted by molar-refractivity contribution is -0.114. The molecule has 3 amide bonds. The molecule has 8 nitrogen and oxygen atoms in total. The number of nitrogens with zero attached hydrogens (tertiary/aromatic N) is 3. The third-order valence-corrected chi connectivity index (χ3v) is 4.69. The van der Waals surface area contributed by atoms with E-state index in [9.17, 15) is 14.4 Å². The summed E-state index contributed by atoms with van der Waals surface area (Å²) in [7, 11) is 0. The molecule has 27 heavy (non-hydrogen) atoms. The minimum absolute atomic E-state index is 0.134. The Bertz CT molecular complexity index is 905. The summed E-state index contributed by atoms with van der Waals surface area (Å²) in [6.07, 6.45) is 0.643. The number of halogens is 1. The van der Waals surface area contributed by atoms with Crippen molar-refractivity contribution < 1.29 is 18.9 Å². The van der Waals surface area contributed by atoms with E-state index < -0.39 is 5.91 Å². The molecule has 1 aliphatic rings. The molecule has 0 bridgehead atoms. The van der Waals surface area contributed by atoms with Gasteiger partial charge in [0, 0.05) is 20.0 Å². The summed E-state index contributed by atoms with van der Waals surface area (Å²) in [6.45, 7) is 5.48. The number of nitrogens with one attached hydrogen (secondary N) is 1. The monoisotopic (exact) mass is 390 g/mol. The molecule has 1 aromatic heterocycles. The molecule has 0 unspecified atom stereocenters. The number of aryl methyl sites for hydroxylation is 2. The average Bonchev–Trinajstić information content (AvgIpc) is 3.22. The lowest BCUT2D eigenvalue weighted by Gasteiger charge is -2.28. The molecular weight excluding hydrogens is 372 g/mol. The van der Waals surface area contributed by atoms with Crippen LogP contribution in [0.2, 0.25) is 5.02 Å². The predicted octanol–water partition coefficient (Wildman–Crippen LogP) is 2.81. The van der Waals surface area contributed by atoms with Crippen LogP contribution in [0.1, 0.15) is 45.5 Å². The molecular formula is C18H19ClN4O4. The van der Waals surface area contributed by atoms with Crippen LogP contribution in [0, 0.1) is 13.8 Å². The molecule has 1 aromatic carbocycles. The Morgan fingerprint density at radius 3 is 2.41 bits per heavy atom. The number of benzene rings is 1. The number of aromatic nitrogens is 1. The minimum atomic E-state index is -0.412. The van der Waals surface area contributed by atoms with E-state index in [2.05, 4.69) is 10.5 Å². The zero-order chi connectivity index (χ0) is 19.7. The molecule has 0 radical (unpaired) electrons. The summed E-state index contributed by atoms with van der Waals surface area (Å²) in [5.74, 6) is -0.642. The SMILES string of the molecule is CC(=O)Nc1cccc(C(=O)N2CCCN2C(=O)c2c(C)noc2C)c1Cl. The van der Waals surface area contributed by atoms with Gasteiger partial charge in [0.2, 0.25) is 5.91 Å². The van der Waals surface area contributed by atoms with Gasteiger partial charge in [-0.1, -0.05) is 22.8 Å². The average molecular weight is 391 g/mol. The van der Waals surface area contributed by atoms with Crippen LogP contribution in [0.25, 0.3) is 0 Å². The predicted molar refractivity (Wildman–Crippen MR) is 98.4 cm³/mol. The lowest BCUT2D eigenvalue weighted by atomic mass is 10.1. The summed E-state index contributed by atoms with van der Waals surface area (Å²) in [5.41, 5.74) is 1.38. The van der Waals surface area contributed by atoms with Gasteiger partial charge in [-0.05, 0) is 32.4 Å². The van der Waals surface area contributed by atoms with Crippen molar-refractivity contribution in [3.63, 3.8) is 0 Å². The molecule has 0 aliphatic carbocycles. The highest BCUT2D eigenvalue weighted by Gasteiger charge is 2.35. The zero-order valence-electron chi connectivity index (χ0n) is 15.2. The van der Waals surface area contributed by atoms with Gasteiger partial charge in [0.25, 0.3) is 11.8 Å². The Labute approximate surface area is 161 Å². The van der Waals surface area contributed by atoms with Gasteiger partial charge in [-0.25, -0.2) is 10.0 Å². The van der Waals surface area contributed by atoms with Gasteiger partial charge in [-0.2, -0.15) is 0 Å². The largest absolute Gasteiger partial charge is 0.361 e. The van der Waals surface area contributed by atoms with Crippen LogP contribution < -0.4 is 5.32 Å². The number of hydrazine groups is 1. The first-order valence-corrected chi connectivity index (χ1v) is 8.81. The number of carbonyl (C=O) groups excluding carboxylic acids is 3. The summed E-state index contributed by atoms with van der Waals surface area (Å²) < 4.78 is 5.07. The van der Waals surface area contributed by atoms with E-state index in [-0.39, 0.29) is 22.4 Å². The fourth-order valence-corrected chi connectivity index (χ4v) is 3.33. The van der Waals surface area contributed by atoms with E-state index in [1.54, 1.807) is 32.0 Å². The Balaban J connectivity index is 1.91. The first kappa shape index (κ1) is 18.9. The second-order valence-electron chi connectivity index (χ2n) is 6.26. The van der Waals surface area contributed by atoms with Crippen molar-refractivity contribution in [2.24, 2.45) is 0 Å². The Kier molecular flexibility index (Phi) is 5.18. The maximum atomic E-state index is 13.1. The Morgan fingerprint density at radius 2 is 1.81 bits per heavy atom. The maximum absolute atomic E-state index is 13.1.